The fourth-order valence-corrected chi connectivity index (χ4v) is 1.94. The van der Waals surface area contributed by atoms with E-state index in [1.807, 2.05) is 0 Å². The molecule has 2 aliphatic heterocycles. The summed E-state index contributed by atoms with van der Waals surface area (Å²) >= 11 is 0. The summed E-state index contributed by atoms with van der Waals surface area (Å²) in [6.45, 7) is 4.57. The zero-order chi connectivity index (χ0) is 14.2. The number of hydrogen-bond donors (Lipinski definition) is 2. The van der Waals surface area contributed by atoms with Crippen molar-refractivity contribution in [2.75, 3.05) is 52.6 Å². The lowest BCUT2D eigenvalue weighted by Gasteiger charge is -2.26. The molecule has 0 aliphatic carbocycles. The number of hydrogen-bond acceptors (Lipinski definition) is 4. The molecular formula is C12H20N4O4. The van der Waals surface area contributed by atoms with Gasteiger partial charge in [-0.1, -0.05) is 0 Å². The van der Waals surface area contributed by atoms with Crippen LogP contribution in [0.3, 0.4) is 0 Å². The number of amides is 4. The van der Waals surface area contributed by atoms with Crippen molar-refractivity contribution in [1.82, 2.24) is 20.4 Å². The molecule has 20 heavy (non-hydrogen) atoms. The molecule has 4 amide bonds. The minimum atomic E-state index is -0.190. The van der Waals surface area contributed by atoms with Crippen LogP contribution < -0.4 is 10.6 Å². The van der Waals surface area contributed by atoms with Gasteiger partial charge in [0.1, 0.15) is 0 Å². The van der Waals surface area contributed by atoms with Crippen molar-refractivity contribution in [3.8, 4) is 0 Å². The van der Waals surface area contributed by atoms with Crippen molar-refractivity contribution in [3.05, 3.63) is 12.4 Å². The first-order chi connectivity index (χ1) is 9.77. The summed E-state index contributed by atoms with van der Waals surface area (Å²) in [6.07, 6.45) is 2.85. The van der Waals surface area contributed by atoms with Crippen LogP contribution in [-0.4, -0.2) is 74.5 Å². The molecule has 0 saturated carbocycles. The number of morpholine rings is 2. The smallest absolute Gasteiger partial charge is 0.321 e. The van der Waals surface area contributed by atoms with Crippen LogP contribution >= 0.6 is 0 Å². The second kappa shape index (κ2) is 7.71. The first kappa shape index (κ1) is 14.6. The lowest BCUT2D eigenvalue weighted by molar-refractivity contribution is 0.0537. The van der Waals surface area contributed by atoms with Crippen LogP contribution in [0.5, 0.6) is 0 Å². The van der Waals surface area contributed by atoms with Crippen LogP contribution in [0.1, 0.15) is 0 Å². The molecule has 0 aromatic rings. The average Bonchev–Trinajstić information content (AvgIpc) is 2.53. The molecule has 0 unspecified atom stereocenters. The summed E-state index contributed by atoms with van der Waals surface area (Å²) in [5.74, 6) is 0. The Labute approximate surface area is 117 Å². The highest BCUT2D eigenvalue weighted by atomic mass is 16.5. The summed E-state index contributed by atoms with van der Waals surface area (Å²) in [6, 6.07) is -0.379. The molecule has 0 bridgehead atoms. The maximum absolute atomic E-state index is 11.7. The molecule has 0 spiro atoms. The zero-order valence-electron chi connectivity index (χ0n) is 11.3. The lowest BCUT2D eigenvalue weighted by atomic mass is 10.4. The van der Waals surface area contributed by atoms with Gasteiger partial charge in [0, 0.05) is 38.6 Å². The second-order valence-electron chi connectivity index (χ2n) is 4.43. The molecule has 8 nitrogen and oxygen atoms in total. The minimum Gasteiger partial charge on any atom is -0.378 e. The number of urea groups is 2. The van der Waals surface area contributed by atoms with E-state index in [1.165, 1.54) is 12.4 Å². The summed E-state index contributed by atoms with van der Waals surface area (Å²) in [5, 5.41) is 5.21. The Hall–Kier alpha value is -1.80. The van der Waals surface area contributed by atoms with Gasteiger partial charge < -0.3 is 29.9 Å². The van der Waals surface area contributed by atoms with E-state index in [0.717, 1.165) is 0 Å². The summed E-state index contributed by atoms with van der Waals surface area (Å²) < 4.78 is 10.3. The fraction of sp³-hybridized carbons (Fsp3) is 0.667. The van der Waals surface area contributed by atoms with E-state index >= 15 is 0 Å². The van der Waals surface area contributed by atoms with Crippen LogP contribution in [0.2, 0.25) is 0 Å². The van der Waals surface area contributed by atoms with Gasteiger partial charge in [0.2, 0.25) is 0 Å². The minimum absolute atomic E-state index is 0.190. The van der Waals surface area contributed by atoms with Crippen molar-refractivity contribution in [2.45, 2.75) is 0 Å². The van der Waals surface area contributed by atoms with Crippen molar-refractivity contribution in [1.29, 1.82) is 0 Å². The van der Waals surface area contributed by atoms with Crippen LogP contribution in [0.15, 0.2) is 12.4 Å². The quantitative estimate of drug-likeness (QED) is 0.719. The van der Waals surface area contributed by atoms with Crippen LogP contribution in [0.25, 0.3) is 0 Å². The number of carbonyl (C=O) groups is 2. The third kappa shape index (κ3) is 4.39. The lowest BCUT2D eigenvalue weighted by Crippen LogP contribution is -2.45. The summed E-state index contributed by atoms with van der Waals surface area (Å²) in [4.78, 5) is 26.8. The average molecular weight is 284 g/mol. The molecule has 2 rings (SSSR count). The molecule has 2 N–H and O–H groups in total. The third-order valence-electron chi connectivity index (χ3n) is 3.09. The maximum Gasteiger partial charge on any atom is 0.321 e. The van der Waals surface area contributed by atoms with Crippen LogP contribution in [0.4, 0.5) is 9.59 Å². The van der Waals surface area contributed by atoms with E-state index in [0.29, 0.717) is 52.6 Å². The van der Waals surface area contributed by atoms with Crippen molar-refractivity contribution in [3.63, 3.8) is 0 Å². The SMILES string of the molecule is O=C(NC=CNC(=O)N1CCOCC1)N1CCOCC1. The number of rotatable bonds is 2. The molecule has 112 valence electrons. The fourth-order valence-electron chi connectivity index (χ4n) is 1.94. The number of nitrogens with one attached hydrogen (secondary N) is 2. The summed E-state index contributed by atoms with van der Waals surface area (Å²) in [7, 11) is 0. The Morgan fingerprint density at radius 1 is 0.750 bits per heavy atom. The molecule has 2 heterocycles. The van der Waals surface area contributed by atoms with E-state index in [9.17, 15) is 9.59 Å². The van der Waals surface area contributed by atoms with Gasteiger partial charge in [-0.2, -0.15) is 0 Å². The van der Waals surface area contributed by atoms with Gasteiger partial charge in [-0.25, -0.2) is 9.59 Å². The van der Waals surface area contributed by atoms with Crippen LogP contribution in [0, 0.1) is 0 Å². The molecule has 0 aromatic heterocycles. The van der Waals surface area contributed by atoms with Crippen molar-refractivity contribution >= 4 is 12.1 Å². The Balaban J connectivity index is 1.65. The monoisotopic (exact) mass is 284 g/mol. The van der Waals surface area contributed by atoms with Gasteiger partial charge in [0.05, 0.1) is 26.4 Å². The van der Waals surface area contributed by atoms with Gasteiger partial charge in [-0.05, 0) is 0 Å². The Kier molecular flexibility index (Phi) is 5.63. The molecule has 0 radical (unpaired) electrons. The molecule has 8 heteroatoms. The molecule has 2 aliphatic rings. The summed E-state index contributed by atoms with van der Waals surface area (Å²) in [5.41, 5.74) is 0. The van der Waals surface area contributed by atoms with Crippen molar-refractivity contribution in [2.24, 2.45) is 0 Å². The highest BCUT2D eigenvalue weighted by molar-refractivity contribution is 5.76. The Morgan fingerprint density at radius 3 is 1.45 bits per heavy atom. The number of ether oxygens (including phenoxy) is 2. The second-order valence-corrected chi connectivity index (χ2v) is 4.43. The van der Waals surface area contributed by atoms with E-state index in [-0.39, 0.29) is 12.1 Å². The van der Waals surface area contributed by atoms with E-state index in [2.05, 4.69) is 10.6 Å². The highest BCUT2D eigenvalue weighted by Gasteiger charge is 2.16. The van der Waals surface area contributed by atoms with Crippen molar-refractivity contribution < 1.29 is 19.1 Å². The van der Waals surface area contributed by atoms with Gasteiger partial charge >= 0.3 is 12.1 Å². The molecule has 2 saturated heterocycles. The van der Waals surface area contributed by atoms with Gasteiger partial charge in [0.25, 0.3) is 0 Å². The first-order valence-corrected chi connectivity index (χ1v) is 6.69. The molecule has 0 aromatic carbocycles. The largest absolute Gasteiger partial charge is 0.378 e. The number of carbonyl (C=O) groups excluding carboxylic acids is 2. The highest BCUT2D eigenvalue weighted by Crippen LogP contribution is 1.97. The third-order valence-corrected chi connectivity index (χ3v) is 3.09. The zero-order valence-corrected chi connectivity index (χ0v) is 11.3. The first-order valence-electron chi connectivity index (χ1n) is 6.69. The van der Waals surface area contributed by atoms with E-state index in [4.69, 9.17) is 9.47 Å². The Bertz CT molecular complexity index is 328. The van der Waals surface area contributed by atoms with Gasteiger partial charge in [-0.15, -0.1) is 0 Å². The number of nitrogens with zero attached hydrogens (tertiary/aromatic N) is 2. The van der Waals surface area contributed by atoms with Crippen LogP contribution in [-0.2, 0) is 9.47 Å². The molecule has 2 fully saturated rings. The topological polar surface area (TPSA) is 83.1 Å². The van der Waals surface area contributed by atoms with Gasteiger partial charge in [-0.3, -0.25) is 0 Å². The Morgan fingerprint density at radius 2 is 1.10 bits per heavy atom. The normalized spacial score (nSPS) is 20.0. The maximum atomic E-state index is 11.7. The van der Waals surface area contributed by atoms with E-state index < -0.39 is 0 Å². The molecule has 0 atom stereocenters. The van der Waals surface area contributed by atoms with E-state index in [1.54, 1.807) is 9.80 Å². The molecular weight excluding hydrogens is 264 g/mol. The standard InChI is InChI=1S/C12H20N4O4/c17-11(15-3-7-19-8-4-15)13-1-2-14-12(18)16-5-9-20-10-6-16/h1-2H,3-10H2,(H,13,17)(H,14,18). The predicted molar refractivity (Wildman–Crippen MR) is 71.0 cm³/mol. The van der Waals surface area contributed by atoms with Gasteiger partial charge in [0.15, 0.2) is 0 Å². The predicted octanol–water partition coefficient (Wildman–Crippen LogP) is -0.459.